The molecule has 56 valence electrons. The first-order chi connectivity index (χ1) is 4.00. The molecule has 0 aliphatic carbocycles. The zero-order valence-corrected chi connectivity index (χ0v) is 5.96. The Morgan fingerprint density at radius 1 is 1.44 bits per heavy atom. The van der Waals surface area contributed by atoms with E-state index in [4.69, 9.17) is 15.0 Å². The number of aliphatic carboxylic acids is 1. The number of aliphatic hydroxyl groups is 1. The Kier molecular flexibility index (Phi) is 9.21. The van der Waals surface area contributed by atoms with Gasteiger partial charge in [-0.2, -0.15) is 0 Å². The van der Waals surface area contributed by atoms with E-state index in [0.29, 0.717) is 0 Å². The van der Waals surface area contributed by atoms with E-state index in [2.05, 4.69) is 0 Å². The summed E-state index contributed by atoms with van der Waals surface area (Å²) in [4.78, 5) is 11.1. The highest BCUT2D eigenvalue weighted by Gasteiger charge is 1.82. The van der Waals surface area contributed by atoms with Gasteiger partial charge in [0.25, 0.3) is 0 Å². The van der Waals surface area contributed by atoms with Crippen molar-refractivity contribution in [1.82, 2.24) is 4.90 Å². The standard InChI is InChI=1S/C3H9N.C2H4O3/c1-4(2)3;3-1-2(4)5/h1-3H3;3H,1H2,(H,4,5). The van der Waals surface area contributed by atoms with E-state index in [-0.39, 0.29) is 0 Å². The van der Waals surface area contributed by atoms with E-state index in [0.717, 1.165) is 0 Å². The predicted octanol–water partition coefficient (Wildman–Crippen LogP) is -0.759. The average Bonchev–Trinajstić information content (AvgIpc) is 1.65. The van der Waals surface area contributed by atoms with Crippen LogP contribution in [0.15, 0.2) is 0 Å². The molecule has 0 aliphatic rings. The van der Waals surface area contributed by atoms with E-state index in [1.807, 2.05) is 26.0 Å². The molecule has 0 aliphatic heterocycles. The monoisotopic (exact) mass is 135 g/mol. The Balaban J connectivity index is 0. The molecule has 0 unspecified atom stereocenters. The van der Waals surface area contributed by atoms with Gasteiger partial charge in [-0.25, -0.2) is 4.79 Å². The fourth-order valence-corrected chi connectivity index (χ4v) is 0. The molecule has 4 heteroatoms. The average molecular weight is 135 g/mol. The molecule has 0 aromatic carbocycles. The summed E-state index contributed by atoms with van der Waals surface area (Å²) < 4.78 is 0. The lowest BCUT2D eigenvalue weighted by atomic mass is 10.8. The molecule has 0 spiro atoms. The van der Waals surface area contributed by atoms with Crippen LogP contribution in [0, 0.1) is 0 Å². The second-order valence-corrected chi connectivity index (χ2v) is 1.89. The number of carboxylic acid groups (broad SMARTS) is 1. The van der Waals surface area contributed by atoms with Crippen LogP contribution >= 0.6 is 0 Å². The Hall–Kier alpha value is -0.610. The van der Waals surface area contributed by atoms with E-state index >= 15 is 0 Å². The molecule has 2 N–H and O–H groups in total. The van der Waals surface area contributed by atoms with Crippen LogP contribution in [0.1, 0.15) is 0 Å². The Bertz CT molecular complexity index is 69.8. The molecular weight excluding hydrogens is 122 g/mol. The van der Waals surface area contributed by atoms with Crippen molar-refractivity contribution in [3.63, 3.8) is 0 Å². The van der Waals surface area contributed by atoms with E-state index in [1.54, 1.807) is 0 Å². The molecule has 0 heterocycles. The first kappa shape index (κ1) is 11.2. The van der Waals surface area contributed by atoms with Crippen molar-refractivity contribution in [2.24, 2.45) is 0 Å². The molecule has 9 heavy (non-hydrogen) atoms. The van der Waals surface area contributed by atoms with Gasteiger partial charge in [-0.1, -0.05) is 0 Å². The van der Waals surface area contributed by atoms with Crippen LogP contribution in [0.25, 0.3) is 0 Å². The zero-order chi connectivity index (χ0) is 7.86. The number of aliphatic hydroxyl groups excluding tert-OH is 1. The summed E-state index contributed by atoms with van der Waals surface area (Å²) >= 11 is 0. The molecule has 0 amide bonds. The smallest absolute Gasteiger partial charge is 0.329 e. The van der Waals surface area contributed by atoms with Crippen LogP contribution < -0.4 is 0 Å². The SMILES string of the molecule is CN(C)C.O=C(O)CO. The summed E-state index contributed by atoms with van der Waals surface area (Å²) in [6, 6.07) is 0. The van der Waals surface area contributed by atoms with Gasteiger partial charge in [0.15, 0.2) is 0 Å². The second kappa shape index (κ2) is 7.39. The molecule has 0 aromatic rings. The maximum absolute atomic E-state index is 9.12. The first-order valence-electron chi connectivity index (χ1n) is 2.44. The second-order valence-electron chi connectivity index (χ2n) is 1.89. The first-order valence-corrected chi connectivity index (χ1v) is 2.44. The fourth-order valence-electron chi connectivity index (χ4n) is 0. The summed E-state index contributed by atoms with van der Waals surface area (Å²) in [6.45, 7) is -0.778. The quantitative estimate of drug-likeness (QED) is 0.496. The lowest BCUT2D eigenvalue weighted by molar-refractivity contribution is -0.140. The normalized spacial score (nSPS) is 8.11. The highest BCUT2D eigenvalue weighted by molar-refractivity contribution is 5.67. The molecule has 0 radical (unpaired) electrons. The van der Waals surface area contributed by atoms with Gasteiger partial charge in [0.2, 0.25) is 0 Å². The third-order valence-electron chi connectivity index (χ3n) is 0.135. The minimum atomic E-state index is -1.19. The Morgan fingerprint density at radius 3 is 1.56 bits per heavy atom. The Labute approximate surface area is 54.7 Å². The fraction of sp³-hybridized carbons (Fsp3) is 0.800. The summed E-state index contributed by atoms with van der Waals surface area (Å²) in [6.07, 6.45) is 0. The lowest BCUT2D eigenvalue weighted by Gasteiger charge is -1.90. The van der Waals surface area contributed by atoms with Crippen LogP contribution in [-0.4, -0.2) is 48.8 Å². The molecule has 0 bridgehead atoms. The van der Waals surface area contributed by atoms with Crippen molar-refractivity contribution in [2.45, 2.75) is 0 Å². The van der Waals surface area contributed by atoms with Crippen molar-refractivity contribution in [2.75, 3.05) is 27.7 Å². The molecule has 4 nitrogen and oxygen atoms in total. The lowest BCUT2D eigenvalue weighted by Crippen LogP contribution is -1.99. The number of carboxylic acids is 1. The van der Waals surface area contributed by atoms with Crippen LogP contribution in [-0.2, 0) is 4.79 Å². The van der Waals surface area contributed by atoms with E-state index in [9.17, 15) is 0 Å². The van der Waals surface area contributed by atoms with Crippen molar-refractivity contribution in [1.29, 1.82) is 0 Å². The van der Waals surface area contributed by atoms with Crippen LogP contribution in [0.4, 0.5) is 0 Å². The van der Waals surface area contributed by atoms with Crippen molar-refractivity contribution in [3.05, 3.63) is 0 Å². The zero-order valence-electron chi connectivity index (χ0n) is 5.96. The maximum Gasteiger partial charge on any atom is 0.329 e. The molecule has 0 atom stereocenters. The van der Waals surface area contributed by atoms with Crippen molar-refractivity contribution < 1.29 is 15.0 Å². The minimum Gasteiger partial charge on any atom is -0.480 e. The molecule has 0 saturated carbocycles. The van der Waals surface area contributed by atoms with Crippen molar-refractivity contribution in [3.8, 4) is 0 Å². The summed E-state index contributed by atoms with van der Waals surface area (Å²) in [5.74, 6) is -1.19. The summed E-state index contributed by atoms with van der Waals surface area (Å²) in [5, 5.41) is 15.0. The van der Waals surface area contributed by atoms with E-state index in [1.165, 1.54) is 0 Å². The molecule has 0 fully saturated rings. The summed E-state index contributed by atoms with van der Waals surface area (Å²) in [7, 11) is 6.00. The van der Waals surface area contributed by atoms with Gasteiger partial charge in [-0.05, 0) is 21.1 Å². The van der Waals surface area contributed by atoms with Gasteiger partial charge in [-0.3, -0.25) is 0 Å². The van der Waals surface area contributed by atoms with Gasteiger partial charge in [0, 0.05) is 0 Å². The third-order valence-corrected chi connectivity index (χ3v) is 0.135. The van der Waals surface area contributed by atoms with Gasteiger partial charge in [-0.15, -0.1) is 0 Å². The number of rotatable bonds is 1. The van der Waals surface area contributed by atoms with Crippen LogP contribution in [0.3, 0.4) is 0 Å². The van der Waals surface area contributed by atoms with Gasteiger partial charge in [0.1, 0.15) is 6.61 Å². The number of hydrogen-bond acceptors (Lipinski definition) is 3. The molecule has 0 saturated heterocycles. The number of carbonyl (C=O) groups is 1. The maximum atomic E-state index is 9.12. The summed E-state index contributed by atoms with van der Waals surface area (Å²) in [5.41, 5.74) is 0. The Morgan fingerprint density at radius 2 is 1.56 bits per heavy atom. The van der Waals surface area contributed by atoms with Crippen molar-refractivity contribution >= 4 is 5.97 Å². The number of hydrogen-bond donors (Lipinski definition) is 2. The largest absolute Gasteiger partial charge is 0.480 e. The van der Waals surface area contributed by atoms with Gasteiger partial charge < -0.3 is 15.1 Å². The number of nitrogens with zero attached hydrogens (tertiary/aromatic N) is 1. The van der Waals surface area contributed by atoms with Gasteiger partial charge >= 0.3 is 5.97 Å². The molecular formula is C5H13NO3. The molecule has 0 rings (SSSR count). The molecule has 0 aromatic heterocycles. The third kappa shape index (κ3) is 111. The van der Waals surface area contributed by atoms with Crippen LogP contribution in [0.5, 0.6) is 0 Å². The van der Waals surface area contributed by atoms with Crippen LogP contribution in [0.2, 0.25) is 0 Å². The van der Waals surface area contributed by atoms with Gasteiger partial charge in [0.05, 0.1) is 0 Å². The minimum absolute atomic E-state index is 0.778. The highest BCUT2D eigenvalue weighted by atomic mass is 16.4. The topological polar surface area (TPSA) is 60.8 Å². The highest BCUT2D eigenvalue weighted by Crippen LogP contribution is 1.49. The van der Waals surface area contributed by atoms with E-state index < -0.39 is 12.6 Å². The predicted molar refractivity (Wildman–Crippen MR) is 34.3 cm³/mol.